The molecule has 16 heavy (non-hydrogen) atoms. The zero-order valence-corrected chi connectivity index (χ0v) is 10.1. The quantitative estimate of drug-likeness (QED) is 0.309. The number of ether oxygens (including phenoxy) is 3. The van der Waals surface area contributed by atoms with E-state index in [0.29, 0.717) is 6.61 Å². The first-order valence-corrected chi connectivity index (χ1v) is 5.67. The van der Waals surface area contributed by atoms with Crippen LogP contribution in [0.15, 0.2) is 12.7 Å². The van der Waals surface area contributed by atoms with Crippen LogP contribution in [0.25, 0.3) is 0 Å². The van der Waals surface area contributed by atoms with E-state index in [-0.39, 0.29) is 5.97 Å². The third-order valence-electron chi connectivity index (χ3n) is 1.98. The first-order chi connectivity index (χ1) is 7.81. The Morgan fingerprint density at radius 2 is 1.62 bits per heavy atom. The minimum absolute atomic E-state index is 0.361. The molecule has 0 aliphatic heterocycles. The van der Waals surface area contributed by atoms with Crippen molar-refractivity contribution < 1.29 is 19.0 Å². The van der Waals surface area contributed by atoms with Crippen molar-refractivity contribution in [2.75, 3.05) is 33.5 Å². The normalized spacial score (nSPS) is 10.1. The molecule has 0 N–H and O–H groups in total. The second kappa shape index (κ2) is 12.2. The molecule has 0 spiro atoms. The average molecular weight is 230 g/mol. The van der Waals surface area contributed by atoms with Gasteiger partial charge in [-0.1, -0.05) is 6.58 Å². The Hall–Kier alpha value is -0.870. The standard InChI is InChI=1S/C12H22O4/c1-3-12(13)16-11-7-6-10-15-9-5-4-8-14-2/h3H,1,4-11H2,2H3. The van der Waals surface area contributed by atoms with Gasteiger partial charge in [0.25, 0.3) is 0 Å². The monoisotopic (exact) mass is 230 g/mol. The van der Waals surface area contributed by atoms with Gasteiger partial charge in [-0.3, -0.25) is 0 Å². The summed E-state index contributed by atoms with van der Waals surface area (Å²) in [5.41, 5.74) is 0. The predicted octanol–water partition coefficient (Wildman–Crippen LogP) is 1.94. The molecule has 0 aromatic carbocycles. The fourth-order valence-electron chi connectivity index (χ4n) is 1.09. The van der Waals surface area contributed by atoms with E-state index in [0.717, 1.165) is 45.5 Å². The van der Waals surface area contributed by atoms with E-state index in [1.807, 2.05) is 0 Å². The maximum absolute atomic E-state index is 10.7. The Morgan fingerprint density at radius 1 is 1.06 bits per heavy atom. The highest BCUT2D eigenvalue weighted by Gasteiger charge is 1.95. The van der Waals surface area contributed by atoms with Gasteiger partial charge in [-0.15, -0.1) is 0 Å². The lowest BCUT2D eigenvalue weighted by Crippen LogP contribution is -2.04. The van der Waals surface area contributed by atoms with Crippen molar-refractivity contribution >= 4 is 5.97 Å². The van der Waals surface area contributed by atoms with Crippen LogP contribution in [0.3, 0.4) is 0 Å². The van der Waals surface area contributed by atoms with Crippen LogP contribution < -0.4 is 0 Å². The van der Waals surface area contributed by atoms with Gasteiger partial charge in [0.1, 0.15) is 0 Å². The zero-order valence-electron chi connectivity index (χ0n) is 10.1. The second-order valence-electron chi connectivity index (χ2n) is 3.39. The molecule has 0 saturated carbocycles. The number of unbranched alkanes of at least 4 members (excludes halogenated alkanes) is 2. The minimum atomic E-state index is -0.361. The summed E-state index contributed by atoms with van der Waals surface area (Å²) in [7, 11) is 1.70. The highest BCUT2D eigenvalue weighted by atomic mass is 16.5. The molecule has 4 nitrogen and oxygen atoms in total. The number of hydrogen-bond donors (Lipinski definition) is 0. The molecular weight excluding hydrogens is 208 g/mol. The number of carbonyl (C=O) groups is 1. The van der Waals surface area contributed by atoms with Crippen LogP contribution >= 0.6 is 0 Å². The van der Waals surface area contributed by atoms with Crippen molar-refractivity contribution in [3.05, 3.63) is 12.7 Å². The number of hydrogen-bond acceptors (Lipinski definition) is 4. The van der Waals surface area contributed by atoms with E-state index in [4.69, 9.17) is 14.2 Å². The molecule has 0 radical (unpaired) electrons. The Morgan fingerprint density at radius 3 is 2.19 bits per heavy atom. The maximum atomic E-state index is 10.7. The number of esters is 1. The third-order valence-corrected chi connectivity index (χ3v) is 1.98. The van der Waals surface area contributed by atoms with Gasteiger partial charge in [-0.05, 0) is 25.7 Å². The van der Waals surface area contributed by atoms with Crippen LogP contribution in [0, 0.1) is 0 Å². The molecule has 4 heteroatoms. The fraction of sp³-hybridized carbons (Fsp3) is 0.750. The summed E-state index contributed by atoms with van der Waals surface area (Å²) in [6, 6.07) is 0. The topological polar surface area (TPSA) is 44.8 Å². The van der Waals surface area contributed by atoms with Crippen LogP contribution in [0.4, 0.5) is 0 Å². The molecule has 0 fully saturated rings. The van der Waals surface area contributed by atoms with Gasteiger partial charge < -0.3 is 14.2 Å². The first kappa shape index (κ1) is 15.1. The highest BCUT2D eigenvalue weighted by Crippen LogP contribution is 1.95. The molecule has 0 unspecified atom stereocenters. The summed E-state index contributed by atoms with van der Waals surface area (Å²) in [6.45, 7) is 6.04. The molecular formula is C12H22O4. The summed E-state index contributed by atoms with van der Waals surface area (Å²) in [5, 5.41) is 0. The van der Waals surface area contributed by atoms with Gasteiger partial charge in [-0.2, -0.15) is 0 Å². The molecule has 0 aromatic rings. The molecule has 0 aliphatic carbocycles. The van der Waals surface area contributed by atoms with Crippen molar-refractivity contribution in [3.8, 4) is 0 Å². The van der Waals surface area contributed by atoms with Gasteiger partial charge in [-0.25, -0.2) is 4.79 Å². The average Bonchev–Trinajstić information content (AvgIpc) is 2.31. The maximum Gasteiger partial charge on any atom is 0.330 e. The van der Waals surface area contributed by atoms with Crippen molar-refractivity contribution in [3.63, 3.8) is 0 Å². The van der Waals surface area contributed by atoms with Crippen molar-refractivity contribution in [2.45, 2.75) is 25.7 Å². The summed E-state index contributed by atoms with van der Waals surface area (Å²) in [4.78, 5) is 10.7. The Bertz CT molecular complexity index is 180. The first-order valence-electron chi connectivity index (χ1n) is 5.67. The SMILES string of the molecule is C=CC(=O)OCCCCOCCCCOC. The summed E-state index contributed by atoms with van der Waals surface area (Å²) in [6.07, 6.45) is 4.98. The predicted molar refractivity (Wildman–Crippen MR) is 62.3 cm³/mol. The van der Waals surface area contributed by atoms with Gasteiger partial charge in [0, 0.05) is 33.0 Å². The van der Waals surface area contributed by atoms with Crippen molar-refractivity contribution in [2.24, 2.45) is 0 Å². The molecule has 0 aliphatic rings. The number of rotatable bonds is 11. The van der Waals surface area contributed by atoms with Gasteiger partial charge in [0.15, 0.2) is 0 Å². The van der Waals surface area contributed by atoms with Gasteiger partial charge in [0.05, 0.1) is 6.61 Å². The Balaban J connectivity index is 2.98. The third kappa shape index (κ3) is 11.2. The van der Waals surface area contributed by atoms with Gasteiger partial charge >= 0.3 is 5.97 Å². The van der Waals surface area contributed by atoms with Crippen molar-refractivity contribution in [1.82, 2.24) is 0 Å². The molecule has 94 valence electrons. The van der Waals surface area contributed by atoms with Crippen molar-refractivity contribution in [1.29, 1.82) is 0 Å². The van der Waals surface area contributed by atoms with E-state index in [1.54, 1.807) is 7.11 Å². The van der Waals surface area contributed by atoms with E-state index < -0.39 is 0 Å². The van der Waals surface area contributed by atoms with Crippen LogP contribution in [0.5, 0.6) is 0 Å². The van der Waals surface area contributed by atoms with Gasteiger partial charge in [0.2, 0.25) is 0 Å². The van der Waals surface area contributed by atoms with E-state index in [2.05, 4.69) is 6.58 Å². The summed E-state index contributed by atoms with van der Waals surface area (Å²) < 4.78 is 15.1. The molecule has 0 atom stereocenters. The fourth-order valence-corrected chi connectivity index (χ4v) is 1.09. The lowest BCUT2D eigenvalue weighted by atomic mass is 10.3. The molecule has 0 saturated heterocycles. The summed E-state index contributed by atoms with van der Waals surface area (Å²) >= 11 is 0. The van der Waals surface area contributed by atoms with Crippen LogP contribution in [0.2, 0.25) is 0 Å². The number of carbonyl (C=O) groups excluding carboxylic acids is 1. The molecule has 0 heterocycles. The van der Waals surface area contributed by atoms with Crippen LogP contribution in [-0.2, 0) is 19.0 Å². The lowest BCUT2D eigenvalue weighted by molar-refractivity contribution is -0.137. The van der Waals surface area contributed by atoms with E-state index >= 15 is 0 Å². The number of methoxy groups -OCH3 is 1. The Kier molecular flexibility index (Phi) is 11.5. The molecule has 0 amide bonds. The van der Waals surface area contributed by atoms with E-state index in [1.165, 1.54) is 6.08 Å². The second-order valence-corrected chi connectivity index (χ2v) is 3.39. The minimum Gasteiger partial charge on any atom is -0.463 e. The van der Waals surface area contributed by atoms with Crippen LogP contribution in [-0.4, -0.2) is 39.5 Å². The van der Waals surface area contributed by atoms with E-state index in [9.17, 15) is 4.79 Å². The van der Waals surface area contributed by atoms with Crippen LogP contribution in [0.1, 0.15) is 25.7 Å². The molecule has 0 bridgehead atoms. The largest absolute Gasteiger partial charge is 0.463 e. The smallest absolute Gasteiger partial charge is 0.330 e. The highest BCUT2D eigenvalue weighted by molar-refractivity contribution is 5.81. The molecule has 0 rings (SSSR count). The molecule has 0 aromatic heterocycles. The lowest BCUT2D eigenvalue weighted by Gasteiger charge is -2.04. The zero-order chi connectivity index (χ0) is 12.1. The Labute approximate surface area is 97.6 Å². The summed E-state index contributed by atoms with van der Waals surface area (Å²) in [5.74, 6) is -0.361.